The second-order valence-electron chi connectivity index (χ2n) is 4.36. The molecular weight excluding hydrogens is 281 g/mol. The number of hydrogen-bond acceptors (Lipinski definition) is 3. The van der Waals surface area contributed by atoms with Crippen LogP contribution in [0.2, 0.25) is 0 Å². The topological polar surface area (TPSA) is 52.0 Å². The first-order valence-corrected chi connectivity index (χ1v) is 6.04. The highest BCUT2D eigenvalue weighted by atomic mass is 19.2. The standard InChI is InChI=1S/C15H9F3N2O/c16-10-7-6-9(12(17)13(10)18)14-11(15(19)20-21-14)8-4-2-1-3-5-8/h1-7H,(H2,19,20). The number of nitrogens with zero attached hydrogens (tertiary/aromatic N) is 1. The lowest BCUT2D eigenvalue weighted by molar-refractivity contribution is 0.423. The first kappa shape index (κ1) is 13.2. The Bertz CT molecular complexity index is 800. The molecular formula is C15H9F3N2O. The number of hydrogen-bond donors (Lipinski definition) is 1. The van der Waals surface area contributed by atoms with Crippen molar-refractivity contribution >= 4 is 5.82 Å². The van der Waals surface area contributed by atoms with Gasteiger partial charge in [0.25, 0.3) is 0 Å². The number of rotatable bonds is 2. The van der Waals surface area contributed by atoms with E-state index in [4.69, 9.17) is 10.3 Å². The Labute approximate surface area is 117 Å². The Morgan fingerprint density at radius 1 is 0.905 bits per heavy atom. The van der Waals surface area contributed by atoms with Crippen molar-refractivity contribution in [3.63, 3.8) is 0 Å². The summed E-state index contributed by atoms with van der Waals surface area (Å²) in [6.45, 7) is 0. The maximum Gasteiger partial charge on any atom is 0.195 e. The summed E-state index contributed by atoms with van der Waals surface area (Å²) < 4.78 is 45.3. The maximum absolute atomic E-state index is 13.9. The second-order valence-corrected chi connectivity index (χ2v) is 4.36. The molecule has 1 aromatic heterocycles. The number of aromatic nitrogens is 1. The lowest BCUT2D eigenvalue weighted by atomic mass is 10.0. The van der Waals surface area contributed by atoms with Crippen molar-refractivity contribution in [2.75, 3.05) is 5.73 Å². The summed E-state index contributed by atoms with van der Waals surface area (Å²) in [6.07, 6.45) is 0. The van der Waals surface area contributed by atoms with E-state index in [1.165, 1.54) is 0 Å². The van der Waals surface area contributed by atoms with Gasteiger partial charge in [-0.15, -0.1) is 0 Å². The molecule has 3 nitrogen and oxygen atoms in total. The van der Waals surface area contributed by atoms with Gasteiger partial charge in [-0.25, -0.2) is 13.2 Å². The molecule has 0 aliphatic rings. The van der Waals surface area contributed by atoms with Gasteiger partial charge in [-0.2, -0.15) is 0 Å². The fourth-order valence-corrected chi connectivity index (χ4v) is 2.07. The minimum Gasteiger partial charge on any atom is -0.380 e. The summed E-state index contributed by atoms with van der Waals surface area (Å²) in [5, 5.41) is 3.58. The van der Waals surface area contributed by atoms with Crippen LogP contribution >= 0.6 is 0 Å². The van der Waals surface area contributed by atoms with E-state index < -0.39 is 17.5 Å². The zero-order chi connectivity index (χ0) is 15.0. The number of nitrogens with two attached hydrogens (primary N) is 1. The van der Waals surface area contributed by atoms with Gasteiger partial charge in [-0.1, -0.05) is 35.5 Å². The average Bonchev–Trinajstić information content (AvgIpc) is 2.87. The summed E-state index contributed by atoms with van der Waals surface area (Å²) in [6, 6.07) is 10.7. The molecule has 0 amide bonds. The van der Waals surface area contributed by atoms with Crippen LogP contribution < -0.4 is 5.73 Å². The predicted octanol–water partition coefficient (Wildman–Crippen LogP) is 4.01. The number of nitrogen functional groups attached to an aromatic ring is 1. The molecule has 6 heteroatoms. The largest absolute Gasteiger partial charge is 0.380 e. The van der Waals surface area contributed by atoms with Crippen LogP contribution in [0.15, 0.2) is 47.0 Å². The molecule has 106 valence electrons. The highest BCUT2D eigenvalue weighted by molar-refractivity contribution is 5.86. The summed E-state index contributed by atoms with van der Waals surface area (Å²) in [5.74, 6) is -4.19. The van der Waals surface area contributed by atoms with Gasteiger partial charge in [0.05, 0.1) is 11.1 Å². The molecule has 0 spiro atoms. The lowest BCUT2D eigenvalue weighted by Crippen LogP contribution is -1.95. The highest BCUT2D eigenvalue weighted by Gasteiger charge is 2.23. The fourth-order valence-electron chi connectivity index (χ4n) is 2.07. The van der Waals surface area contributed by atoms with Gasteiger partial charge in [0, 0.05) is 0 Å². The van der Waals surface area contributed by atoms with Gasteiger partial charge in [-0.05, 0) is 17.7 Å². The molecule has 0 radical (unpaired) electrons. The van der Waals surface area contributed by atoms with E-state index in [2.05, 4.69) is 5.16 Å². The average molecular weight is 290 g/mol. The van der Waals surface area contributed by atoms with Crippen molar-refractivity contribution in [1.29, 1.82) is 0 Å². The molecule has 21 heavy (non-hydrogen) atoms. The normalized spacial score (nSPS) is 10.8. The van der Waals surface area contributed by atoms with Crippen molar-refractivity contribution in [2.45, 2.75) is 0 Å². The lowest BCUT2D eigenvalue weighted by Gasteiger charge is -2.05. The van der Waals surface area contributed by atoms with E-state index in [9.17, 15) is 13.2 Å². The Hall–Kier alpha value is -2.76. The van der Waals surface area contributed by atoms with E-state index in [1.54, 1.807) is 30.3 Å². The first-order valence-electron chi connectivity index (χ1n) is 6.04. The van der Waals surface area contributed by atoms with Gasteiger partial charge in [-0.3, -0.25) is 0 Å². The minimum absolute atomic E-state index is 0.0420. The SMILES string of the molecule is Nc1noc(-c2ccc(F)c(F)c2F)c1-c1ccccc1. The molecule has 0 aliphatic heterocycles. The van der Waals surface area contributed by atoms with Crippen molar-refractivity contribution in [3.05, 3.63) is 59.9 Å². The number of halogens is 3. The maximum atomic E-state index is 13.9. The highest BCUT2D eigenvalue weighted by Crippen LogP contribution is 2.38. The van der Waals surface area contributed by atoms with Crippen molar-refractivity contribution in [3.8, 4) is 22.5 Å². The quantitative estimate of drug-likeness (QED) is 0.725. The van der Waals surface area contributed by atoms with Crippen molar-refractivity contribution < 1.29 is 17.7 Å². The first-order chi connectivity index (χ1) is 10.1. The van der Waals surface area contributed by atoms with E-state index in [0.717, 1.165) is 12.1 Å². The summed E-state index contributed by atoms with van der Waals surface area (Å²) in [5.41, 5.74) is 6.46. The number of anilines is 1. The molecule has 3 rings (SSSR count). The van der Waals surface area contributed by atoms with Crippen LogP contribution in [0.3, 0.4) is 0 Å². The van der Waals surface area contributed by atoms with Crippen LogP contribution in [-0.2, 0) is 0 Å². The van der Waals surface area contributed by atoms with Gasteiger partial charge in [0.15, 0.2) is 29.0 Å². The smallest absolute Gasteiger partial charge is 0.195 e. The molecule has 0 atom stereocenters. The Morgan fingerprint density at radius 3 is 2.33 bits per heavy atom. The Morgan fingerprint density at radius 2 is 1.62 bits per heavy atom. The van der Waals surface area contributed by atoms with Crippen LogP contribution in [0, 0.1) is 17.5 Å². The summed E-state index contributed by atoms with van der Waals surface area (Å²) >= 11 is 0. The van der Waals surface area contributed by atoms with Gasteiger partial charge in [0.2, 0.25) is 0 Å². The Kier molecular flexibility index (Phi) is 3.13. The molecule has 0 unspecified atom stereocenters. The van der Waals surface area contributed by atoms with Gasteiger partial charge >= 0.3 is 0 Å². The minimum atomic E-state index is -1.57. The Balaban J connectivity index is 2.24. The van der Waals surface area contributed by atoms with Crippen LogP contribution in [-0.4, -0.2) is 5.16 Å². The van der Waals surface area contributed by atoms with E-state index >= 15 is 0 Å². The molecule has 3 aromatic rings. The third kappa shape index (κ3) is 2.14. The molecule has 0 fully saturated rings. The van der Waals surface area contributed by atoms with Crippen LogP contribution in [0.5, 0.6) is 0 Å². The molecule has 0 bridgehead atoms. The molecule has 0 saturated carbocycles. The predicted molar refractivity (Wildman–Crippen MR) is 71.7 cm³/mol. The molecule has 0 saturated heterocycles. The van der Waals surface area contributed by atoms with Crippen LogP contribution in [0.25, 0.3) is 22.5 Å². The molecule has 2 aromatic carbocycles. The van der Waals surface area contributed by atoms with Crippen molar-refractivity contribution in [2.24, 2.45) is 0 Å². The fraction of sp³-hybridized carbons (Fsp3) is 0. The summed E-state index contributed by atoms with van der Waals surface area (Å²) in [7, 11) is 0. The number of benzene rings is 2. The van der Waals surface area contributed by atoms with Gasteiger partial charge in [0.1, 0.15) is 0 Å². The van der Waals surface area contributed by atoms with E-state index in [1.807, 2.05) is 0 Å². The zero-order valence-electron chi connectivity index (χ0n) is 10.6. The monoisotopic (exact) mass is 290 g/mol. The zero-order valence-corrected chi connectivity index (χ0v) is 10.6. The van der Waals surface area contributed by atoms with E-state index in [0.29, 0.717) is 11.1 Å². The molecule has 2 N–H and O–H groups in total. The molecule has 0 aliphatic carbocycles. The second kappa shape index (κ2) is 4.97. The summed E-state index contributed by atoms with van der Waals surface area (Å²) in [4.78, 5) is 0. The van der Waals surface area contributed by atoms with Crippen LogP contribution in [0.4, 0.5) is 19.0 Å². The third-order valence-corrected chi connectivity index (χ3v) is 3.06. The van der Waals surface area contributed by atoms with Crippen molar-refractivity contribution in [1.82, 2.24) is 5.16 Å². The third-order valence-electron chi connectivity index (χ3n) is 3.06. The molecule has 1 heterocycles. The van der Waals surface area contributed by atoms with Gasteiger partial charge < -0.3 is 10.3 Å². The van der Waals surface area contributed by atoms with Crippen LogP contribution in [0.1, 0.15) is 0 Å². The van der Waals surface area contributed by atoms with E-state index in [-0.39, 0.29) is 17.1 Å².